The van der Waals surface area contributed by atoms with Crippen molar-refractivity contribution in [1.29, 1.82) is 0 Å². The number of benzene rings is 1. The van der Waals surface area contributed by atoms with Gasteiger partial charge in [-0.2, -0.15) is 0 Å². The third kappa shape index (κ3) is 24.0. The quantitative estimate of drug-likeness (QED) is 0.0311. The molecule has 0 bridgehead atoms. The minimum absolute atomic E-state index is 0.0367. The van der Waals surface area contributed by atoms with E-state index in [1.54, 1.807) is 13.0 Å². The average Bonchev–Trinajstić information content (AvgIpc) is 3.07. The average molecular weight is 1080 g/mol. The Morgan fingerprint density at radius 1 is 0.569 bits per heavy atom. The number of nitro groups is 1. The largest absolute Gasteiger partial charge is 0.500 e. The van der Waals surface area contributed by atoms with Crippen molar-refractivity contribution in [2.24, 2.45) is 0 Å². The third-order valence-corrected chi connectivity index (χ3v) is 35.7. The molecule has 17 nitrogen and oxygen atoms in total. The van der Waals surface area contributed by atoms with Crippen molar-refractivity contribution in [3.63, 3.8) is 0 Å². The van der Waals surface area contributed by atoms with Crippen LogP contribution in [0.1, 0.15) is 37.8 Å². The Morgan fingerprint density at radius 2 is 0.877 bits per heavy atom. The molecule has 1 amide bonds. The number of nitro benzene ring substituents is 1. The number of rotatable bonds is 32. The number of hydrogen-bond donors (Lipinski definition) is 1. The maximum Gasteiger partial charge on any atom is 0.500 e. The number of ether oxygens (including phenoxy) is 2. The van der Waals surface area contributed by atoms with E-state index >= 15 is 0 Å². The maximum absolute atomic E-state index is 12.9. The van der Waals surface area contributed by atoms with Crippen LogP contribution in [0.15, 0.2) is 12.1 Å². The van der Waals surface area contributed by atoms with Crippen LogP contribution in [-0.2, 0) is 38.0 Å². The summed E-state index contributed by atoms with van der Waals surface area (Å²) in [6, 6.07) is 3.29. The molecule has 0 spiro atoms. The minimum atomic E-state index is -3.20. The van der Waals surface area contributed by atoms with Gasteiger partial charge in [0.05, 0.1) is 35.8 Å². The molecule has 0 saturated carbocycles. The first kappa shape index (κ1) is 62.1. The Kier molecular flexibility index (Phi) is 23.7. The van der Waals surface area contributed by atoms with Crippen LogP contribution in [0, 0.1) is 10.1 Å². The van der Waals surface area contributed by atoms with Crippen LogP contribution >= 0.6 is 0 Å². The standard InChI is InChI=1S/C39H88N2O15Si9/c1-34(40(39(42)43)26-23-29-63(46-2,47-3)48-4)35-32-37(49-27-24-30-64(51-57(5,6)7,52-58(8,9)10)53-59(11,12)13)38(33-36(35)41(44)45)50-28-25-31-65(54-60(14,15)16,55-61(17,18)19)56-62(20,21)22/h32-34H,23-31H2,1-22H3,(H,42,43). The maximum atomic E-state index is 12.9. The molecular formula is C39H88N2O15Si9. The zero-order chi connectivity index (χ0) is 50.7. The first-order valence-corrected chi connectivity index (χ1v) is 48.9. The van der Waals surface area contributed by atoms with Gasteiger partial charge in [-0.25, -0.2) is 4.79 Å². The second kappa shape index (κ2) is 24.8. The van der Waals surface area contributed by atoms with Crippen LogP contribution in [0.5, 0.6) is 11.5 Å². The highest BCUT2D eigenvalue weighted by atomic mass is 28.5. The highest BCUT2D eigenvalue weighted by Crippen LogP contribution is 2.41. The molecule has 0 aliphatic rings. The van der Waals surface area contributed by atoms with E-state index in [2.05, 4.69) is 118 Å². The van der Waals surface area contributed by atoms with Gasteiger partial charge in [-0.1, -0.05) is 0 Å². The Balaban J connectivity index is 3.84. The lowest BCUT2D eigenvalue weighted by Crippen LogP contribution is -2.60. The van der Waals surface area contributed by atoms with E-state index in [0.717, 1.165) is 0 Å². The number of amides is 1. The van der Waals surface area contributed by atoms with Crippen molar-refractivity contribution in [1.82, 2.24) is 4.90 Å². The predicted octanol–water partition coefficient (Wildman–Crippen LogP) is 11.4. The van der Waals surface area contributed by atoms with Gasteiger partial charge in [0, 0.05) is 46.0 Å². The summed E-state index contributed by atoms with van der Waals surface area (Å²) in [4.78, 5) is 26.3. The molecule has 0 aliphatic heterocycles. The van der Waals surface area contributed by atoms with Gasteiger partial charge >= 0.3 is 32.5 Å². The van der Waals surface area contributed by atoms with Gasteiger partial charge in [-0.05, 0) is 150 Å². The summed E-state index contributed by atoms with van der Waals surface area (Å²) in [5.41, 5.74) is -0.136. The van der Waals surface area contributed by atoms with Crippen molar-refractivity contribution in [3.05, 3.63) is 27.8 Å². The molecule has 1 N–H and O–H groups in total. The Labute approximate surface area is 401 Å². The summed E-state index contributed by atoms with van der Waals surface area (Å²) >= 11 is 0. The van der Waals surface area contributed by atoms with E-state index in [9.17, 15) is 20.0 Å². The highest BCUT2D eigenvalue weighted by Gasteiger charge is 2.51. The van der Waals surface area contributed by atoms with Crippen LogP contribution in [0.3, 0.4) is 0 Å². The lowest BCUT2D eigenvalue weighted by atomic mass is 10.0. The topological polar surface area (TPSA) is 185 Å². The fraction of sp³-hybridized carbons (Fsp3) is 0.821. The molecule has 380 valence electrons. The first-order chi connectivity index (χ1) is 29.2. The molecule has 1 unspecified atom stereocenters. The zero-order valence-corrected chi connectivity index (χ0v) is 53.2. The van der Waals surface area contributed by atoms with Crippen LogP contribution in [0.2, 0.25) is 136 Å². The van der Waals surface area contributed by atoms with Crippen molar-refractivity contribution in [2.45, 2.75) is 168 Å². The van der Waals surface area contributed by atoms with Gasteiger partial charge in [0.1, 0.15) is 0 Å². The molecule has 26 heteroatoms. The van der Waals surface area contributed by atoms with E-state index in [4.69, 9.17) is 47.4 Å². The molecule has 0 aliphatic carbocycles. The molecule has 1 rings (SSSR count). The lowest BCUT2D eigenvalue weighted by Gasteiger charge is -2.43. The molecule has 0 radical (unpaired) electrons. The molecule has 0 heterocycles. The summed E-state index contributed by atoms with van der Waals surface area (Å²) in [5.74, 6) is 0.418. The van der Waals surface area contributed by atoms with Gasteiger partial charge in [0.25, 0.3) is 5.69 Å². The summed E-state index contributed by atoms with van der Waals surface area (Å²) < 4.78 is 70.9. The second-order valence-corrected chi connectivity index (χ2v) is 59.3. The number of hydrogen-bond acceptors (Lipinski definition) is 14. The predicted molar refractivity (Wildman–Crippen MR) is 280 cm³/mol. The van der Waals surface area contributed by atoms with Crippen molar-refractivity contribution in [3.8, 4) is 11.5 Å². The molecule has 1 aromatic rings. The molecular weight excluding hydrogens is 989 g/mol. The van der Waals surface area contributed by atoms with Crippen LogP contribution in [0.4, 0.5) is 10.5 Å². The van der Waals surface area contributed by atoms with Gasteiger partial charge in [0.2, 0.25) is 0 Å². The van der Waals surface area contributed by atoms with Gasteiger partial charge in [-0.15, -0.1) is 0 Å². The summed E-state index contributed by atoms with van der Waals surface area (Å²) in [6.07, 6.45) is 0.0822. The molecule has 0 saturated heterocycles. The van der Waals surface area contributed by atoms with E-state index in [-0.39, 0.29) is 42.5 Å². The van der Waals surface area contributed by atoms with Crippen LogP contribution in [0.25, 0.3) is 0 Å². The monoisotopic (exact) mass is 1080 g/mol. The zero-order valence-electron chi connectivity index (χ0n) is 44.2. The first-order valence-electron chi connectivity index (χ1n) is 22.7. The molecule has 1 atom stereocenters. The van der Waals surface area contributed by atoms with Gasteiger partial charge in [-0.3, -0.25) is 10.1 Å². The summed E-state index contributed by atoms with van der Waals surface area (Å²) in [7, 11) is -17.8. The number of nitrogens with zero attached hydrogens (tertiary/aromatic N) is 2. The highest BCUT2D eigenvalue weighted by molar-refractivity contribution is 6.91. The smallest absolute Gasteiger partial charge is 0.490 e. The summed E-state index contributed by atoms with van der Waals surface area (Å²) in [6.45, 7) is 40.5. The van der Waals surface area contributed by atoms with E-state index in [0.29, 0.717) is 37.4 Å². The number of carbonyl (C=O) groups is 1. The van der Waals surface area contributed by atoms with Crippen molar-refractivity contribution < 1.29 is 62.3 Å². The van der Waals surface area contributed by atoms with E-state index in [1.807, 2.05) is 0 Å². The van der Waals surface area contributed by atoms with E-state index in [1.165, 1.54) is 32.3 Å². The Bertz CT molecular complexity index is 1570. The fourth-order valence-corrected chi connectivity index (χ4v) is 38.1. The molecule has 1 aromatic carbocycles. The molecule has 65 heavy (non-hydrogen) atoms. The van der Waals surface area contributed by atoms with Crippen molar-refractivity contribution >= 4 is 88.1 Å². The SMILES string of the molecule is CO[Si](CCCN(C(=O)O)C(C)c1cc(OCCC[Si](O[Si](C)(C)C)(O[Si](C)(C)C)O[Si](C)(C)C)c(OCCC[Si](O[Si](C)(C)C)(O[Si](C)(C)C)O[Si](C)(C)C)cc1[N+](=O)[O-])(OC)OC. The van der Waals surface area contributed by atoms with Crippen molar-refractivity contribution in [2.75, 3.05) is 41.1 Å². The Morgan fingerprint density at radius 3 is 1.15 bits per heavy atom. The molecule has 0 fully saturated rings. The fourth-order valence-electron chi connectivity index (χ4n) is 7.10. The summed E-state index contributed by atoms with van der Waals surface area (Å²) in [5, 5.41) is 23.3. The van der Waals surface area contributed by atoms with Crippen LogP contribution < -0.4 is 9.47 Å². The lowest BCUT2D eigenvalue weighted by molar-refractivity contribution is -0.386. The van der Waals surface area contributed by atoms with Crippen LogP contribution in [-0.4, -0.2) is 138 Å². The molecule has 0 aromatic heterocycles. The Hall–Kier alpha value is -0.918. The van der Waals surface area contributed by atoms with E-state index < -0.39 is 93.4 Å². The number of carboxylic acid groups (broad SMARTS) is 1. The van der Waals surface area contributed by atoms with Gasteiger partial charge in [0.15, 0.2) is 61.4 Å². The second-order valence-electron chi connectivity index (χ2n) is 22.2. The minimum Gasteiger partial charge on any atom is -0.490 e. The normalized spacial score (nSPS) is 14.4. The van der Waals surface area contributed by atoms with Gasteiger partial charge < -0.3 is 57.4 Å². The third-order valence-electron chi connectivity index (χ3n) is 8.81.